The molecule has 8 heteroatoms. The van der Waals surface area contributed by atoms with Crippen molar-refractivity contribution in [2.75, 3.05) is 20.1 Å². The van der Waals surface area contributed by atoms with Gasteiger partial charge >= 0.3 is 6.09 Å². The Morgan fingerprint density at radius 3 is 2.37 bits per heavy atom. The minimum atomic E-state index is -0.541. The van der Waals surface area contributed by atoms with E-state index in [4.69, 9.17) is 4.74 Å². The molecule has 1 aromatic carbocycles. The summed E-state index contributed by atoms with van der Waals surface area (Å²) in [5, 5.41) is 11.1. The van der Waals surface area contributed by atoms with Gasteiger partial charge in [0.05, 0.1) is 4.92 Å². The Morgan fingerprint density at radius 2 is 1.85 bits per heavy atom. The first kappa shape index (κ1) is 20.7. The summed E-state index contributed by atoms with van der Waals surface area (Å²) in [5.74, 6) is -0.244. The highest BCUT2D eigenvalue weighted by atomic mass is 16.6. The van der Waals surface area contributed by atoms with Crippen LogP contribution in [0.1, 0.15) is 49.5 Å². The molecule has 148 valence electrons. The van der Waals surface area contributed by atoms with E-state index in [-0.39, 0.29) is 23.7 Å². The fourth-order valence-electron chi connectivity index (χ4n) is 3.17. The lowest BCUT2D eigenvalue weighted by Gasteiger charge is -2.37. The number of amides is 2. The predicted octanol–water partition coefficient (Wildman–Crippen LogP) is 3.37. The standard InChI is InChI=1S/C19H27N3O5/c1-13-15(7-6-8-16(13)22(25)26)17(23)20(5)14-9-11-21(12-10-14)18(24)27-19(2,3)4/h6-8,14H,9-12H2,1-5H3. The maximum atomic E-state index is 12.8. The summed E-state index contributed by atoms with van der Waals surface area (Å²) < 4.78 is 5.38. The van der Waals surface area contributed by atoms with Crippen molar-refractivity contribution in [3.05, 3.63) is 39.4 Å². The van der Waals surface area contributed by atoms with Gasteiger partial charge in [0.15, 0.2) is 0 Å². The van der Waals surface area contributed by atoms with Crippen molar-refractivity contribution in [3.8, 4) is 0 Å². The third kappa shape index (κ3) is 4.96. The molecule has 2 rings (SSSR count). The Hall–Kier alpha value is -2.64. The second-order valence-electron chi connectivity index (χ2n) is 7.82. The summed E-state index contributed by atoms with van der Waals surface area (Å²) in [5.41, 5.74) is 0.0982. The maximum absolute atomic E-state index is 12.8. The van der Waals surface area contributed by atoms with Crippen LogP contribution in [0.3, 0.4) is 0 Å². The molecule has 27 heavy (non-hydrogen) atoms. The molecule has 1 aliphatic rings. The SMILES string of the molecule is Cc1c(C(=O)N(C)C2CCN(C(=O)OC(C)(C)C)CC2)cccc1[N+](=O)[O-]. The van der Waals surface area contributed by atoms with Gasteiger partial charge in [0.2, 0.25) is 0 Å². The smallest absolute Gasteiger partial charge is 0.410 e. The number of ether oxygens (including phenoxy) is 1. The van der Waals surface area contributed by atoms with Crippen LogP contribution in [0.15, 0.2) is 18.2 Å². The van der Waals surface area contributed by atoms with Gasteiger partial charge in [-0.2, -0.15) is 0 Å². The van der Waals surface area contributed by atoms with Crippen molar-refractivity contribution < 1.29 is 19.2 Å². The number of nitro benzene ring substituents is 1. The molecule has 0 aliphatic carbocycles. The molecule has 1 aromatic rings. The van der Waals surface area contributed by atoms with Gasteiger partial charge in [0, 0.05) is 43.4 Å². The van der Waals surface area contributed by atoms with Crippen molar-refractivity contribution in [2.24, 2.45) is 0 Å². The summed E-state index contributed by atoms with van der Waals surface area (Å²) in [6.45, 7) is 8.07. The zero-order valence-corrected chi connectivity index (χ0v) is 16.5. The van der Waals surface area contributed by atoms with E-state index in [9.17, 15) is 19.7 Å². The molecule has 0 spiro atoms. The van der Waals surface area contributed by atoms with Gasteiger partial charge in [-0.05, 0) is 46.6 Å². The quantitative estimate of drug-likeness (QED) is 0.595. The molecule has 0 bridgehead atoms. The van der Waals surface area contributed by atoms with Gasteiger partial charge in [0.25, 0.3) is 11.6 Å². The third-order valence-electron chi connectivity index (χ3n) is 4.72. The monoisotopic (exact) mass is 377 g/mol. The predicted molar refractivity (Wildman–Crippen MR) is 101 cm³/mol. The van der Waals surface area contributed by atoms with E-state index in [2.05, 4.69) is 0 Å². The first-order valence-corrected chi connectivity index (χ1v) is 9.00. The van der Waals surface area contributed by atoms with Crippen molar-refractivity contribution in [3.63, 3.8) is 0 Å². The molecule has 2 amide bonds. The number of carbonyl (C=O) groups is 2. The van der Waals surface area contributed by atoms with E-state index < -0.39 is 10.5 Å². The average molecular weight is 377 g/mol. The van der Waals surface area contributed by atoms with Crippen LogP contribution in [-0.4, -0.2) is 58.5 Å². The van der Waals surface area contributed by atoms with Gasteiger partial charge in [0.1, 0.15) is 5.60 Å². The number of piperidine rings is 1. The van der Waals surface area contributed by atoms with Gasteiger partial charge in [-0.25, -0.2) is 4.79 Å². The van der Waals surface area contributed by atoms with Gasteiger partial charge in [-0.15, -0.1) is 0 Å². The molecule has 1 saturated heterocycles. The minimum absolute atomic E-state index is 0.0325. The van der Waals surface area contributed by atoms with Crippen molar-refractivity contribution in [2.45, 2.75) is 52.2 Å². The van der Waals surface area contributed by atoms with Crippen molar-refractivity contribution >= 4 is 17.7 Å². The second-order valence-corrected chi connectivity index (χ2v) is 7.82. The fraction of sp³-hybridized carbons (Fsp3) is 0.579. The van der Waals surface area contributed by atoms with Gasteiger partial charge in [-0.1, -0.05) is 6.07 Å². The van der Waals surface area contributed by atoms with Crippen LogP contribution in [0.5, 0.6) is 0 Å². The Balaban J connectivity index is 2.03. The Kier molecular flexibility index (Phi) is 6.08. The number of nitrogens with zero attached hydrogens (tertiary/aromatic N) is 3. The van der Waals surface area contributed by atoms with Crippen LogP contribution in [-0.2, 0) is 4.74 Å². The molecular weight excluding hydrogens is 350 g/mol. The summed E-state index contributed by atoms with van der Waals surface area (Å²) >= 11 is 0. The lowest BCUT2D eigenvalue weighted by Crippen LogP contribution is -2.48. The number of carbonyl (C=O) groups excluding carboxylic acids is 2. The maximum Gasteiger partial charge on any atom is 0.410 e. The topological polar surface area (TPSA) is 93.0 Å². The fourth-order valence-corrected chi connectivity index (χ4v) is 3.17. The largest absolute Gasteiger partial charge is 0.444 e. The number of hydrogen-bond acceptors (Lipinski definition) is 5. The number of hydrogen-bond donors (Lipinski definition) is 0. The average Bonchev–Trinajstić information content (AvgIpc) is 2.59. The summed E-state index contributed by atoms with van der Waals surface area (Å²) in [7, 11) is 1.70. The number of rotatable bonds is 3. The zero-order valence-electron chi connectivity index (χ0n) is 16.5. The number of nitro groups is 1. The number of likely N-dealkylation sites (tertiary alicyclic amines) is 1. The molecule has 0 atom stereocenters. The highest BCUT2D eigenvalue weighted by Crippen LogP contribution is 2.24. The Bertz CT molecular complexity index is 733. The highest BCUT2D eigenvalue weighted by molar-refractivity contribution is 5.96. The lowest BCUT2D eigenvalue weighted by atomic mass is 10.0. The molecule has 0 N–H and O–H groups in total. The van der Waals surface area contributed by atoms with E-state index in [1.54, 1.807) is 29.8 Å². The summed E-state index contributed by atoms with van der Waals surface area (Å²) in [6.07, 6.45) is 0.926. The van der Waals surface area contributed by atoms with Crippen LogP contribution >= 0.6 is 0 Å². The van der Waals surface area contributed by atoms with E-state index in [1.165, 1.54) is 12.1 Å². The molecule has 0 aromatic heterocycles. The molecule has 8 nitrogen and oxygen atoms in total. The van der Waals surface area contributed by atoms with Crippen LogP contribution in [0.25, 0.3) is 0 Å². The van der Waals surface area contributed by atoms with Gasteiger partial charge < -0.3 is 14.5 Å². The lowest BCUT2D eigenvalue weighted by molar-refractivity contribution is -0.385. The Labute approximate surface area is 159 Å². The molecule has 1 heterocycles. The zero-order chi connectivity index (χ0) is 20.4. The van der Waals surface area contributed by atoms with Gasteiger partial charge in [-0.3, -0.25) is 14.9 Å². The van der Waals surface area contributed by atoms with E-state index in [0.717, 1.165) is 0 Å². The molecule has 0 saturated carbocycles. The molecule has 1 aliphatic heterocycles. The van der Waals surface area contributed by atoms with Crippen molar-refractivity contribution in [1.82, 2.24) is 9.80 Å². The van der Waals surface area contributed by atoms with Crippen LogP contribution < -0.4 is 0 Å². The van der Waals surface area contributed by atoms with Crippen LogP contribution in [0.2, 0.25) is 0 Å². The van der Waals surface area contributed by atoms with Crippen molar-refractivity contribution in [1.29, 1.82) is 0 Å². The number of benzene rings is 1. The Morgan fingerprint density at radius 1 is 1.26 bits per heavy atom. The van der Waals surface area contributed by atoms with E-state index >= 15 is 0 Å². The van der Waals surface area contributed by atoms with E-state index in [0.29, 0.717) is 37.1 Å². The normalized spacial score (nSPS) is 15.4. The molecule has 0 radical (unpaired) electrons. The third-order valence-corrected chi connectivity index (χ3v) is 4.72. The minimum Gasteiger partial charge on any atom is -0.444 e. The highest BCUT2D eigenvalue weighted by Gasteiger charge is 2.31. The van der Waals surface area contributed by atoms with Crippen LogP contribution in [0.4, 0.5) is 10.5 Å². The second kappa shape index (κ2) is 7.94. The van der Waals surface area contributed by atoms with E-state index in [1.807, 2.05) is 20.8 Å². The summed E-state index contributed by atoms with van der Waals surface area (Å²) in [6, 6.07) is 4.49. The first-order valence-electron chi connectivity index (χ1n) is 9.00. The first-order chi connectivity index (χ1) is 12.5. The molecular formula is C19H27N3O5. The van der Waals surface area contributed by atoms with Crippen LogP contribution in [0, 0.1) is 17.0 Å². The summed E-state index contributed by atoms with van der Waals surface area (Å²) in [4.78, 5) is 38.9. The molecule has 0 unspecified atom stereocenters. The molecule has 1 fully saturated rings.